The third-order valence-corrected chi connectivity index (χ3v) is 4.69. The second kappa shape index (κ2) is 11.6. The number of carbonyl (C=O) groups is 1. The number of hydrogen-bond donors (Lipinski definition) is 3. The van der Waals surface area contributed by atoms with E-state index in [4.69, 9.17) is 21.7 Å². The number of nitrogens with one attached hydrogen (secondary N) is 3. The highest BCUT2D eigenvalue weighted by Crippen LogP contribution is 2.33. The van der Waals surface area contributed by atoms with E-state index in [0.717, 1.165) is 26.9 Å². The van der Waals surface area contributed by atoms with Crippen molar-refractivity contribution in [1.82, 2.24) is 10.7 Å². The molecule has 3 N–H and O–H groups in total. The summed E-state index contributed by atoms with van der Waals surface area (Å²) in [7, 11) is 1.55. The third kappa shape index (κ3) is 7.50. The van der Waals surface area contributed by atoms with Gasteiger partial charge in [0.1, 0.15) is 0 Å². The molecule has 2 aromatic carbocycles. The van der Waals surface area contributed by atoms with Crippen molar-refractivity contribution in [1.29, 1.82) is 0 Å². The number of anilines is 1. The second-order valence-corrected chi connectivity index (χ2v) is 7.54. The van der Waals surface area contributed by atoms with Gasteiger partial charge in [0.25, 0.3) is 5.91 Å². The van der Waals surface area contributed by atoms with Crippen LogP contribution in [0.15, 0.2) is 41.5 Å². The lowest BCUT2D eigenvalue weighted by Crippen LogP contribution is -2.31. The summed E-state index contributed by atoms with van der Waals surface area (Å²) < 4.78 is 11.9. The molecule has 0 aliphatic heterocycles. The number of amides is 1. The zero-order chi connectivity index (χ0) is 21.2. The van der Waals surface area contributed by atoms with Crippen LogP contribution in [-0.2, 0) is 4.79 Å². The molecular formula is C20H23IN4O3S. The van der Waals surface area contributed by atoms with Crippen molar-refractivity contribution >= 4 is 57.7 Å². The van der Waals surface area contributed by atoms with Crippen LogP contribution in [0, 0.1) is 10.5 Å². The molecule has 0 aromatic heterocycles. The van der Waals surface area contributed by atoms with Crippen molar-refractivity contribution in [3.63, 3.8) is 0 Å². The lowest BCUT2D eigenvalue weighted by molar-refractivity contribution is -0.118. The summed E-state index contributed by atoms with van der Waals surface area (Å²) in [5.74, 6) is 0.759. The van der Waals surface area contributed by atoms with Gasteiger partial charge >= 0.3 is 0 Å². The molecule has 7 nitrogen and oxygen atoms in total. The summed E-state index contributed by atoms with van der Waals surface area (Å²) in [6.07, 6.45) is 1.63. The number of nitrogens with zero attached hydrogens (tertiary/aromatic N) is 1. The van der Waals surface area contributed by atoms with E-state index >= 15 is 0 Å². The Balaban J connectivity index is 2.01. The molecule has 29 heavy (non-hydrogen) atoms. The lowest BCUT2D eigenvalue weighted by Gasteiger charge is -2.13. The SMILES string of the molecule is CCNC(=S)N/N=C\c1cc(I)c(OCC(=O)Nc2ccc(C)cc2)c(OC)c1. The fourth-order valence-electron chi connectivity index (χ4n) is 2.29. The Bertz CT molecular complexity index is 888. The summed E-state index contributed by atoms with van der Waals surface area (Å²) in [5.41, 5.74) is 5.38. The summed E-state index contributed by atoms with van der Waals surface area (Å²) in [5, 5.41) is 10.3. The van der Waals surface area contributed by atoms with Crippen molar-refractivity contribution in [3.8, 4) is 11.5 Å². The highest BCUT2D eigenvalue weighted by atomic mass is 127. The van der Waals surface area contributed by atoms with Crippen molar-refractivity contribution in [2.24, 2.45) is 5.10 Å². The first-order valence-corrected chi connectivity index (χ1v) is 10.4. The smallest absolute Gasteiger partial charge is 0.262 e. The molecule has 2 rings (SSSR count). The Morgan fingerprint density at radius 3 is 2.66 bits per heavy atom. The zero-order valence-electron chi connectivity index (χ0n) is 16.4. The van der Waals surface area contributed by atoms with Gasteiger partial charge in [0.15, 0.2) is 23.2 Å². The summed E-state index contributed by atoms with van der Waals surface area (Å²) in [6, 6.07) is 11.2. The van der Waals surface area contributed by atoms with Gasteiger partial charge in [-0.25, -0.2) is 0 Å². The number of carbonyl (C=O) groups excluding carboxylic acids is 1. The number of thiocarbonyl (C=S) groups is 1. The van der Waals surface area contributed by atoms with Gasteiger partial charge in [-0.05, 0) is 78.5 Å². The molecule has 154 valence electrons. The van der Waals surface area contributed by atoms with Crippen LogP contribution in [0.25, 0.3) is 0 Å². The van der Waals surface area contributed by atoms with Crippen LogP contribution in [0.2, 0.25) is 0 Å². The van der Waals surface area contributed by atoms with Gasteiger partial charge in [0, 0.05) is 12.2 Å². The molecule has 0 fully saturated rings. The summed E-state index contributed by atoms with van der Waals surface area (Å²) in [6.45, 7) is 4.52. The molecule has 0 unspecified atom stereocenters. The average Bonchev–Trinajstić information content (AvgIpc) is 2.68. The zero-order valence-corrected chi connectivity index (χ0v) is 19.4. The Labute approximate surface area is 189 Å². The van der Waals surface area contributed by atoms with Gasteiger partial charge in [0.2, 0.25) is 0 Å². The second-order valence-electron chi connectivity index (χ2n) is 5.97. The van der Waals surface area contributed by atoms with Crippen LogP contribution in [0.1, 0.15) is 18.1 Å². The number of aryl methyl sites for hydroxylation is 1. The molecule has 0 bridgehead atoms. The normalized spacial score (nSPS) is 10.5. The number of methoxy groups -OCH3 is 1. The van der Waals surface area contributed by atoms with E-state index in [1.807, 2.05) is 44.2 Å². The van der Waals surface area contributed by atoms with E-state index < -0.39 is 0 Å². The van der Waals surface area contributed by atoms with Crippen LogP contribution < -0.4 is 25.5 Å². The van der Waals surface area contributed by atoms with Crippen LogP contribution in [0.4, 0.5) is 5.69 Å². The monoisotopic (exact) mass is 526 g/mol. The van der Waals surface area contributed by atoms with E-state index in [-0.39, 0.29) is 12.5 Å². The quantitative estimate of drug-likeness (QED) is 0.212. The van der Waals surface area contributed by atoms with E-state index in [1.54, 1.807) is 19.4 Å². The topological polar surface area (TPSA) is 84.0 Å². The number of hydrogen-bond acceptors (Lipinski definition) is 5. The molecule has 1 amide bonds. The Morgan fingerprint density at radius 2 is 2.00 bits per heavy atom. The number of benzene rings is 2. The van der Waals surface area contributed by atoms with Gasteiger partial charge in [0.05, 0.1) is 16.9 Å². The maximum Gasteiger partial charge on any atom is 0.262 e. The Hall–Kier alpha value is -2.40. The van der Waals surface area contributed by atoms with Crippen molar-refractivity contribution in [2.75, 3.05) is 25.6 Å². The number of halogens is 1. The van der Waals surface area contributed by atoms with E-state index in [2.05, 4.69) is 43.8 Å². The molecule has 0 saturated carbocycles. The predicted molar refractivity (Wildman–Crippen MR) is 128 cm³/mol. The van der Waals surface area contributed by atoms with Gasteiger partial charge in [-0.15, -0.1) is 0 Å². The summed E-state index contributed by atoms with van der Waals surface area (Å²) in [4.78, 5) is 12.2. The van der Waals surface area contributed by atoms with Gasteiger partial charge in [-0.2, -0.15) is 5.10 Å². The van der Waals surface area contributed by atoms with Crippen LogP contribution in [-0.4, -0.2) is 37.5 Å². The molecule has 2 aromatic rings. The van der Waals surface area contributed by atoms with Gasteiger partial charge < -0.3 is 20.1 Å². The highest BCUT2D eigenvalue weighted by Gasteiger charge is 2.13. The fraction of sp³-hybridized carbons (Fsp3) is 0.250. The lowest BCUT2D eigenvalue weighted by atomic mass is 10.2. The van der Waals surface area contributed by atoms with Crippen molar-refractivity contribution < 1.29 is 14.3 Å². The van der Waals surface area contributed by atoms with Crippen LogP contribution >= 0.6 is 34.8 Å². The molecule has 0 atom stereocenters. The summed E-state index contributed by atoms with van der Waals surface area (Å²) >= 11 is 7.19. The Morgan fingerprint density at radius 1 is 1.28 bits per heavy atom. The first kappa shape index (κ1) is 22.9. The molecule has 0 spiro atoms. The average molecular weight is 526 g/mol. The molecule has 9 heteroatoms. The minimum atomic E-state index is -0.251. The van der Waals surface area contributed by atoms with E-state index in [0.29, 0.717) is 16.6 Å². The third-order valence-electron chi connectivity index (χ3n) is 3.65. The largest absolute Gasteiger partial charge is 0.493 e. The Kier molecular flexibility index (Phi) is 9.13. The number of hydrazone groups is 1. The van der Waals surface area contributed by atoms with Crippen molar-refractivity contribution in [3.05, 3.63) is 51.1 Å². The van der Waals surface area contributed by atoms with E-state index in [1.165, 1.54) is 0 Å². The standard InChI is InChI=1S/C20H23IN4O3S/c1-4-22-20(29)25-23-11-14-9-16(21)19(17(10-14)27-3)28-12-18(26)24-15-7-5-13(2)6-8-15/h5-11H,4,12H2,1-3H3,(H,24,26)(H2,22,25,29)/b23-11-. The predicted octanol–water partition coefficient (Wildman–Crippen LogP) is 3.44. The molecule has 0 radical (unpaired) electrons. The van der Waals surface area contributed by atoms with Gasteiger partial charge in [-0.1, -0.05) is 17.7 Å². The maximum atomic E-state index is 12.2. The minimum Gasteiger partial charge on any atom is -0.493 e. The number of ether oxygens (including phenoxy) is 2. The van der Waals surface area contributed by atoms with Crippen LogP contribution in [0.3, 0.4) is 0 Å². The number of rotatable bonds is 8. The van der Waals surface area contributed by atoms with Gasteiger partial charge in [-0.3, -0.25) is 10.2 Å². The van der Waals surface area contributed by atoms with Crippen molar-refractivity contribution in [2.45, 2.75) is 13.8 Å². The molecule has 0 aliphatic carbocycles. The molecular weight excluding hydrogens is 503 g/mol. The fourth-order valence-corrected chi connectivity index (χ4v) is 3.27. The molecule has 0 heterocycles. The van der Waals surface area contributed by atoms with E-state index in [9.17, 15) is 4.79 Å². The minimum absolute atomic E-state index is 0.133. The maximum absolute atomic E-state index is 12.2. The molecule has 0 saturated heterocycles. The first-order chi connectivity index (χ1) is 13.9. The first-order valence-electron chi connectivity index (χ1n) is 8.86. The van der Waals surface area contributed by atoms with Crippen LogP contribution in [0.5, 0.6) is 11.5 Å². The highest BCUT2D eigenvalue weighted by molar-refractivity contribution is 14.1. The molecule has 0 aliphatic rings.